The van der Waals surface area contributed by atoms with E-state index in [1.807, 2.05) is 18.2 Å². The average Bonchev–Trinajstić information content (AvgIpc) is 3.14. The van der Waals surface area contributed by atoms with Crippen LogP contribution in [0.3, 0.4) is 0 Å². The first-order valence-corrected chi connectivity index (χ1v) is 8.09. The topological polar surface area (TPSA) is 41.5 Å². The second-order valence-corrected chi connectivity index (χ2v) is 6.56. The summed E-state index contributed by atoms with van der Waals surface area (Å²) in [5.74, 6) is 2.36. The Morgan fingerprint density at radius 1 is 1.24 bits per heavy atom. The summed E-state index contributed by atoms with van der Waals surface area (Å²) in [6, 6.07) is 10.1. The number of benzene rings is 1. The summed E-state index contributed by atoms with van der Waals surface area (Å²) in [5, 5.41) is 4.35. The summed E-state index contributed by atoms with van der Waals surface area (Å²) >= 11 is 0. The van der Waals surface area contributed by atoms with Crippen molar-refractivity contribution in [2.24, 2.45) is 22.9 Å². The van der Waals surface area contributed by atoms with Crippen LogP contribution in [0, 0.1) is 17.8 Å². The molecule has 2 aliphatic carbocycles. The normalized spacial score (nSPS) is 27.9. The smallest absolute Gasteiger partial charge is 0.240 e. The summed E-state index contributed by atoms with van der Waals surface area (Å²) in [7, 11) is 0. The minimum absolute atomic E-state index is 0.0151. The molecule has 0 radical (unpaired) electrons. The lowest BCUT2D eigenvalue weighted by Crippen LogP contribution is -2.24. The maximum atomic E-state index is 11.9. The van der Waals surface area contributed by atoms with Crippen LogP contribution in [0.25, 0.3) is 0 Å². The molecule has 3 rings (SSSR count). The minimum atomic E-state index is 0.0151. The van der Waals surface area contributed by atoms with Gasteiger partial charge in [0.05, 0.1) is 0 Å². The number of hydrogen-bond acceptors (Lipinski definition) is 2. The van der Waals surface area contributed by atoms with E-state index in [-0.39, 0.29) is 5.91 Å². The van der Waals surface area contributed by atoms with Crippen molar-refractivity contribution in [3.05, 3.63) is 35.9 Å². The number of rotatable bonds is 5. The molecule has 0 saturated heterocycles. The Morgan fingerprint density at radius 2 is 2.05 bits per heavy atom. The third-order valence-electron chi connectivity index (χ3n) is 5.12. The Balaban J connectivity index is 1.45. The predicted molar refractivity (Wildman–Crippen MR) is 85.0 cm³/mol. The van der Waals surface area contributed by atoms with Gasteiger partial charge in [0.15, 0.2) is 0 Å². The highest BCUT2D eigenvalue weighted by Gasteiger charge is 2.40. The molecule has 1 N–H and O–H groups in total. The molecule has 2 bridgehead atoms. The number of nitrogens with one attached hydrogen (secondary N) is 1. The van der Waals surface area contributed by atoms with E-state index in [2.05, 4.69) is 29.6 Å². The largest absolute Gasteiger partial charge is 0.273 e. The van der Waals surface area contributed by atoms with Gasteiger partial charge in [0, 0.05) is 18.1 Å². The fraction of sp³-hybridized carbons (Fsp3) is 0.556. The molecule has 0 heterocycles. The van der Waals surface area contributed by atoms with Gasteiger partial charge in [0.1, 0.15) is 0 Å². The standard InChI is InChI=1S/C18H24N2O/c1-13(17-12-15-7-9-16(17)11-15)19-20-18(21)10-8-14-5-3-2-4-6-14/h2-6,15-17H,7-12H2,1H3,(H,20,21)/b19-13+. The first-order chi connectivity index (χ1) is 10.2. The second-order valence-electron chi connectivity index (χ2n) is 6.56. The van der Waals surface area contributed by atoms with Crippen molar-refractivity contribution in [2.75, 3.05) is 0 Å². The molecule has 0 spiro atoms. The van der Waals surface area contributed by atoms with Gasteiger partial charge in [0.25, 0.3) is 0 Å². The number of amides is 1. The molecule has 1 aromatic rings. The maximum absolute atomic E-state index is 11.9. The highest BCUT2D eigenvalue weighted by atomic mass is 16.2. The number of fused-ring (bicyclic) bond motifs is 2. The molecule has 0 aromatic heterocycles. The van der Waals surface area contributed by atoms with Crippen molar-refractivity contribution in [3.63, 3.8) is 0 Å². The fourth-order valence-corrected chi connectivity index (χ4v) is 3.95. The van der Waals surface area contributed by atoms with Gasteiger partial charge in [-0.05, 0) is 50.0 Å². The Kier molecular flexibility index (Phi) is 4.37. The van der Waals surface area contributed by atoms with Crippen molar-refractivity contribution in [2.45, 2.75) is 45.4 Å². The van der Waals surface area contributed by atoms with Crippen molar-refractivity contribution < 1.29 is 4.79 Å². The quantitative estimate of drug-likeness (QED) is 0.652. The van der Waals surface area contributed by atoms with Gasteiger partial charge in [-0.25, -0.2) is 5.43 Å². The van der Waals surface area contributed by atoms with E-state index < -0.39 is 0 Å². The van der Waals surface area contributed by atoms with Crippen LogP contribution in [0.5, 0.6) is 0 Å². The number of carbonyl (C=O) groups is 1. The first kappa shape index (κ1) is 14.3. The van der Waals surface area contributed by atoms with E-state index in [0.717, 1.165) is 24.0 Å². The summed E-state index contributed by atoms with van der Waals surface area (Å²) in [6.07, 6.45) is 6.67. The molecule has 2 aliphatic rings. The summed E-state index contributed by atoms with van der Waals surface area (Å²) < 4.78 is 0. The zero-order chi connectivity index (χ0) is 14.7. The Bertz CT molecular complexity index is 523. The van der Waals surface area contributed by atoms with Crippen LogP contribution in [0.4, 0.5) is 0 Å². The van der Waals surface area contributed by atoms with Crippen LogP contribution in [0.2, 0.25) is 0 Å². The SMILES string of the molecule is C/C(=N\NC(=O)CCc1ccccc1)C1CC2CCC1C2. The van der Waals surface area contributed by atoms with Gasteiger partial charge in [-0.3, -0.25) is 4.79 Å². The van der Waals surface area contributed by atoms with Gasteiger partial charge in [-0.15, -0.1) is 0 Å². The molecular weight excluding hydrogens is 260 g/mol. The molecular formula is C18H24N2O. The zero-order valence-corrected chi connectivity index (χ0v) is 12.7. The molecule has 1 amide bonds. The first-order valence-electron chi connectivity index (χ1n) is 8.09. The number of nitrogens with zero attached hydrogens (tertiary/aromatic N) is 1. The van der Waals surface area contributed by atoms with Crippen molar-refractivity contribution in [3.8, 4) is 0 Å². The highest BCUT2D eigenvalue weighted by Crippen LogP contribution is 2.48. The fourth-order valence-electron chi connectivity index (χ4n) is 3.95. The lowest BCUT2D eigenvalue weighted by molar-refractivity contribution is -0.121. The minimum Gasteiger partial charge on any atom is -0.273 e. The zero-order valence-electron chi connectivity index (χ0n) is 12.7. The second kappa shape index (κ2) is 6.42. The van der Waals surface area contributed by atoms with E-state index in [1.54, 1.807) is 0 Å². The van der Waals surface area contributed by atoms with Crippen molar-refractivity contribution in [1.82, 2.24) is 5.43 Å². The van der Waals surface area contributed by atoms with Crippen LogP contribution in [0.15, 0.2) is 35.4 Å². The van der Waals surface area contributed by atoms with Crippen LogP contribution in [-0.2, 0) is 11.2 Å². The van der Waals surface area contributed by atoms with Gasteiger partial charge in [0.2, 0.25) is 5.91 Å². The van der Waals surface area contributed by atoms with Crippen LogP contribution < -0.4 is 5.43 Å². The third kappa shape index (κ3) is 3.52. The van der Waals surface area contributed by atoms with E-state index in [1.165, 1.54) is 31.2 Å². The van der Waals surface area contributed by atoms with Crippen molar-refractivity contribution in [1.29, 1.82) is 0 Å². The van der Waals surface area contributed by atoms with Gasteiger partial charge in [-0.2, -0.15) is 5.10 Å². The highest BCUT2D eigenvalue weighted by molar-refractivity contribution is 5.86. The number of aryl methyl sites for hydroxylation is 1. The van der Waals surface area contributed by atoms with Gasteiger partial charge >= 0.3 is 0 Å². The molecule has 21 heavy (non-hydrogen) atoms. The molecule has 112 valence electrons. The number of hydrazone groups is 1. The Labute approximate surface area is 126 Å². The van der Waals surface area contributed by atoms with Crippen LogP contribution in [0.1, 0.15) is 44.6 Å². The molecule has 3 heteroatoms. The monoisotopic (exact) mass is 284 g/mol. The molecule has 2 saturated carbocycles. The van der Waals surface area contributed by atoms with Crippen LogP contribution in [-0.4, -0.2) is 11.6 Å². The molecule has 2 fully saturated rings. The van der Waals surface area contributed by atoms with Crippen molar-refractivity contribution >= 4 is 11.6 Å². The van der Waals surface area contributed by atoms with E-state index in [9.17, 15) is 4.79 Å². The molecule has 3 nitrogen and oxygen atoms in total. The third-order valence-corrected chi connectivity index (χ3v) is 5.12. The molecule has 3 unspecified atom stereocenters. The predicted octanol–water partition coefficient (Wildman–Crippen LogP) is 3.55. The van der Waals surface area contributed by atoms with Gasteiger partial charge in [-0.1, -0.05) is 36.8 Å². The number of hydrogen-bond donors (Lipinski definition) is 1. The van der Waals surface area contributed by atoms with E-state index >= 15 is 0 Å². The van der Waals surface area contributed by atoms with E-state index in [4.69, 9.17) is 0 Å². The maximum Gasteiger partial charge on any atom is 0.240 e. The molecule has 0 aliphatic heterocycles. The lowest BCUT2D eigenvalue weighted by atomic mass is 9.86. The summed E-state index contributed by atoms with van der Waals surface area (Å²) in [5.41, 5.74) is 5.05. The van der Waals surface area contributed by atoms with E-state index in [0.29, 0.717) is 12.3 Å². The lowest BCUT2D eigenvalue weighted by Gasteiger charge is -2.21. The molecule has 1 aromatic carbocycles. The summed E-state index contributed by atoms with van der Waals surface area (Å²) in [6.45, 7) is 2.07. The Morgan fingerprint density at radius 3 is 2.71 bits per heavy atom. The van der Waals surface area contributed by atoms with Crippen LogP contribution >= 0.6 is 0 Å². The Hall–Kier alpha value is -1.64. The average molecular weight is 284 g/mol. The van der Waals surface area contributed by atoms with Gasteiger partial charge < -0.3 is 0 Å². The number of carbonyl (C=O) groups excluding carboxylic acids is 1. The molecule has 3 atom stereocenters. The summed E-state index contributed by atoms with van der Waals surface area (Å²) in [4.78, 5) is 11.9.